The minimum absolute atomic E-state index is 0.146. The quantitative estimate of drug-likeness (QED) is 0.455. The molecule has 1 rings (SSSR count). The number of carbonyl (C=O) groups excluding carboxylic acids is 1. The molecule has 0 spiro atoms. The zero-order valence-electron chi connectivity index (χ0n) is 15.6. The summed E-state index contributed by atoms with van der Waals surface area (Å²) in [7, 11) is -1.25. The standard InChI is InChI=1S/C19H39O2P/c1-6-19(3,21-15-14-20)17(2)16-22(4,5)18-12-10-8-7-9-11-13-18/h14,17-18,22H,6-13,15-16H2,1-5H3. The molecule has 1 aliphatic carbocycles. The first kappa shape index (κ1) is 20.1. The average molecular weight is 330 g/mol. The van der Waals surface area contributed by atoms with Crippen LogP contribution in [0.4, 0.5) is 0 Å². The van der Waals surface area contributed by atoms with Crippen molar-refractivity contribution in [1.82, 2.24) is 0 Å². The van der Waals surface area contributed by atoms with Gasteiger partial charge in [-0.2, -0.15) is 0 Å². The molecular formula is C19H39O2P. The van der Waals surface area contributed by atoms with Gasteiger partial charge in [-0.3, -0.25) is 0 Å². The molecule has 0 saturated heterocycles. The molecule has 0 amide bonds. The Balaban J connectivity index is 2.68. The van der Waals surface area contributed by atoms with Gasteiger partial charge in [0.25, 0.3) is 0 Å². The molecule has 2 nitrogen and oxygen atoms in total. The van der Waals surface area contributed by atoms with E-state index in [4.69, 9.17) is 4.74 Å². The van der Waals surface area contributed by atoms with Crippen molar-refractivity contribution < 1.29 is 9.53 Å². The predicted molar refractivity (Wildman–Crippen MR) is 101 cm³/mol. The zero-order valence-corrected chi connectivity index (χ0v) is 16.6. The van der Waals surface area contributed by atoms with E-state index in [0.29, 0.717) is 5.92 Å². The summed E-state index contributed by atoms with van der Waals surface area (Å²) in [4.78, 5) is 10.7. The number of aldehydes is 1. The molecule has 0 bridgehead atoms. The van der Waals surface area contributed by atoms with Crippen molar-refractivity contribution in [2.75, 3.05) is 26.1 Å². The van der Waals surface area contributed by atoms with Crippen molar-refractivity contribution in [3.63, 3.8) is 0 Å². The van der Waals surface area contributed by atoms with Gasteiger partial charge in [-0.25, -0.2) is 0 Å². The summed E-state index contributed by atoms with van der Waals surface area (Å²) in [5.41, 5.74) is 0.828. The second-order valence-corrected chi connectivity index (χ2v) is 13.5. The molecule has 2 unspecified atom stereocenters. The van der Waals surface area contributed by atoms with Gasteiger partial charge in [-0.1, -0.05) is 0 Å². The van der Waals surface area contributed by atoms with Crippen LogP contribution in [0.5, 0.6) is 0 Å². The zero-order chi connectivity index (χ0) is 16.6. The monoisotopic (exact) mass is 330 g/mol. The van der Waals surface area contributed by atoms with Gasteiger partial charge in [-0.15, -0.1) is 0 Å². The summed E-state index contributed by atoms with van der Waals surface area (Å²) < 4.78 is 5.92. The van der Waals surface area contributed by atoms with Crippen molar-refractivity contribution in [3.05, 3.63) is 0 Å². The van der Waals surface area contributed by atoms with Crippen LogP contribution in [-0.4, -0.2) is 43.6 Å². The molecule has 3 heteroatoms. The van der Waals surface area contributed by atoms with Gasteiger partial charge in [0.05, 0.1) is 0 Å². The molecule has 0 N–H and O–H groups in total. The third kappa shape index (κ3) is 5.93. The summed E-state index contributed by atoms with van der Waals surface area (Å²) in [6.45, 7) is 12.1. The Labute approximate surface area is 139 Å². The molecule has 0 aromatic carbocycles. The van der Waals surface area contributed by atoms with Gasteiger partial charge in [0.15, 0.2) is 0 Å². The van der Waals surface area contributed by atoms with E-state index >= 15 is 0 Å². The van der Waals surface area contributed by atoms with Crippen molar-refractivity contribution >= 4 is 13.5 Å². The maximum atomic E-state index is 10.7. The van der Waals surface area contributed by atoms with Crippen LogP contribution >= 0.6 is 7.26 Å². The van der Waals surface area contributed by atoms with E-state index < -0.39 is 7.26 Å². The summed E-state index contributed by atoms with van der Waals surface area (Å²) in [5, 5.41) is 0. The van der Waals surface area contributed by atoms with E-state index in [2.05, 4.69) is 34.1 Å². The van der Waals surface area contributed by atoms with Crippen LogP contribution in [0.1, 0.15) is 72.1 Å². The number of ether oxygens (including phenoxy) is 1. The van der Waals surface area contributed by atoms with E-state index in [-0.39, 0.29) is 12.2 Å². The number of hydrogen-bond donors (Lipinski definition) is 0. The van der Waals surface area contributed by atoms with Gasteiger partial charge < -0.3 is 0 Å². The van der Waals surface area contributed by atoms with Crippen molar-refractivity contribution in [2.24, 2.45) is 5.92 Å². The van der Waals surface area contributed by atoms with Crippen LogP contribution < -0.4 is 0 Å². The Kier molecular flexibility index (Phi) is 8.57. The van der Waals surface area contributed by atoms with Crippen LogP contribution in [0.15, 0.2) is 0 Å². The summed E-state index contributed by atoms with van der Waals surface area (Å²) in [5.74, 6) is 0.532. The average Bonchev–Trinajstić information content (AvgIpc) is 2.43. The molecule has 1 saturated carbocycles. The van der Waals surface area contributed by atoms with E-state index in [1.54, 1.807) is 0 Å². The van der Waals surface area contributed by atoms with Gasteiger partial charge in [-0.05, 0) is 0 Å². The van der Waals surface area contributed by atoms with E-state index in [9.17, 15) is 4.79 Å². The SMILES string of the molecule is CCC(C)(OCC=O)C(C)C[PH](C)(C)C1CCCCCCC1. The molecule has 0 aromatic rings. The topological polar surface area (TPSA) is 26.3 Å². The van der Waals surface area contributed by atoms with Crippen molar-refractivity contribution in [3.8, 4) is 0 Å². The summed E-state index contributed by atoms with van der Waals surface area (Å²) in [6, 6.07) is 0. The number of rotatable bonds is 8. The van der Waals surface area contributed by atoms with E-state index in [1.807, 2.05) is 0 Å². The van der Waals surface area contributed by atoms with Crippen molar-refractivity contribution in [2.45, 2.75) is 83.4 Å². The van der Waals surface area contributed by atoms with E-state index in [1.165, 1.54) is 51.1 Å². The Morgan fingerprint density at radius 1 is 1.18 bits per heavy atom. The molecule has 0 radical (unpaired) electrons. The predicted octanol–water partition coefficient (Wildman–Crippen LogP) is 5.13. The van der Waals surface area contributed by atoms with Gasteiger partial charge in [0.2, 0.25) is 0 Å². The van der Waals surface area contributed by atoms with Crippen molar-refractivity contribution in [1.29, 1.82) is 0 Å². The van der Waals surface area contributed by atoms with Gasteiger partial charge in [0, 0.05) is 0 Å². The number of carbonyl (C=O) groups is 1. The molecule has 22 heavy (non-hydrogen) atoms. The molecule has 0 aliphatic heterocycles. The molecule has 0 aromatic heterocycles. The first-order valence-electron chi connectivity index (χ1n) is 9.43. The van der Waals surface area contributed by atoms with Crippen LogP contribution in [0.2, 0.25) is 0 Å². The molecule has 2 atom stereocenters. The summed E-state index contributed by atoms with van der Waals surface area (Å²) >= 11 is 0. The maximum absolute atomic E-state index is 10.7. The summed E-state index contributed by atoms with van der Waals surface area (Å²) in [6.07, 6.45) is 13.3. The molecular weight excluding hydrogens is 291 g/mol. The van der Waals surface area contributed by atoms with Gasteiger partial charge in [0.1, 0.15) is 0 Å². The molecule has 0 heterocycles. The Bertz CT molecular complexity index is 321. The molecule has 1 fully saturated rings. The first-order chi connectivity index (χ1) is 10.4. The second kappa shape index (κ2) is 9.38. The fourth-order valence-corrected chi connectivity index (χ4v) is 8.54. The van der Waals surface area contributed by atoms with E-state index in [0.717, 1.165) is 18.4 Å². The minimum atomic E-state index is -1.25. The Morgan fingerprint density at radius 3 is 2.23 bits per heavy atom. The first-order valence-corrected chi connectivity index (χ1v) is 12.7. The Morgan fingerprint density at radius 2 is 1.73 bits per heavy atom. The van der Waals surface area contributed by atoms with Crippen LogP contribution in [-0.2, 0) is 9.53 Å². The van der Waals surface area contributed by atoms with Gasteiger partial charge >= 0.3 is 138 Å². The molecule has 132 valence electrons. The third-order valence-electron chi connectivity index (χ3n) is 6.27. The van der Waals surface area contributed by atoms with Crippen LogP contribution in [0.3, 0.4) is 0 Å². The fourth-order valence-electron chi connectivity index (χ4n) is 4.23. The van der Waals surface area contributed by atoms with Crippen LogP contribution in [0, 0.1) is 5.92 Å². The third-order valence-corrected chi connectivity index (χ3v) is 10.7. The second-order valence-electron chi connectivity index (χ2n) is 8.28. The normalized spacial score (nSPS) is 23.1. The van der Waals surface area contributed by atoms with Crippen LogP contribution in [0.25, 0.3) is 0 Å². The molecule has 1 aliphatic rings. The Hall–Kier alpha value is 0.0600. The number of hydrogen-bond acceptors (Lipinski definition) is 2. The fraction of sp³-hybridized carbons (Fsp3) is 0.947.